The Morgan fingerprint density at radius 1 is 1.80 bits per heavy atom. The van der Waals surface area contributed by atoms with Gasteiger partial charge < -0.3 is 14.6 Å². The highest BCUT2D eigenvalue weighted by Gasteiger charge is 2.26. The van der Waals surface area contributed by atoms with E-state index in [0.717, 1.165) is 12.2 Å². The summed E-state index contributed by atoms with van der Waals surface area (Å²) in [6, 6.07) is 0. The van der Waals surface area contributed by atoms with Crippen LogP contribution in [0.25, 0.3) is 0 Å². The smallest absolute Gasteiger partial charge is 0.228 e. The minimum Gasteiger partial charge on any atom is -0.381 e. The van der Waals surface area contributed by atoms with Crippen LogP contribution in [0, 0.1) is 5.92 Å². The lowest BCUT2D eigenvalue weighted by molar-refractivity contribution is -0.134. The Bertz CT molecular complexity index is 317. The van der Waals surface area contributed by atoms with Crippen molar-refractivity contribution in [2.45, 2.75) is 13.0 Å². The van der Waals surface area contributed by atoms with E-state index in [4.69, 9.17) is 4.74 Å². The lowest BCUT2D eigenvalue weighted by atomic mass is 10.1. The molecule has 1 atom stereocenters. The normalized spacial score (nSPS) is 20.5. The standard InChI is InChI=1S/C10H15N3O2/c1-13(6-9-11-3-4-12-9)10(14)8-2-5-15-7-8/h3-4,8H,2,5-7H2,1H3,(H,11,12). The Hall–Kier alpha value is -1.36. The van der Waals surface area contributed by atoms with E-state index < -0.39 is 0 Å². The second-order valence-electron chi connectivity index (χ2n) is 3.79. The minimum atomic E-state index is 0.0324. The molecule has 0 radical (unpaired) electrons. The molecule has 2 rings (SSSR count). The van der Waals surface area contributed by atoms with Crippen molar-refractivity contribution < 1.29 is 9.53 Å². The molecule has 1 unspecified atom stereocenters. The molecule has 1 fully saturated rings. The van der Waals surface area contributed by atoms with E-state index in [-0.39, 0.29) is 11.8 Å². The van der Waals surface area contributed by atoms with Gasteiger partial charge in [-0.2, -0.15) is 0 Å². The van der Waals surface area contributed by atoms with Crippen LogP contribution < -0.4 is 0 Å². The second kappa shape index (κ2) is 4.44. The summed E-state index contributed by atoms with van der Waals surface area (Å²) in [5, 5.41) is 0. The predicted molar refractivity (Wildman–Crippen MR) is 54.0 cm³/mol. The summed E-state index contributed by atoms with van der Waals surface area (Å²) < 4.78 is 5.19. The number of H-pyrrole nitrogens is 1. The van der Waals surface area contributed by atoms with Crippen LogP contribution in [0.1, 0.15) is 12.2 Å². The molecule has 5 nitrogen and oxygen atoms in total. The monoisotopic (exact) mass is 209 g/mol. The first kappa shape index (κ1) is 10.2. The summed E-state index contributed by atoms with van der Waals surface area (Å²) in [6.07, 6.45) is 4.28. The lowest BCUT2D eigenvalue weighted by Gasteiger charge is -2.18. The number of nitrogens with zero attached hydrogens (tertiary/aromatic N) is 2. The van der Waals surface area contributed by atoms with Crippen LogP contribution in [0.4, 0.5) is 0 Å². The van der Waals surface area contributed by atoms with Crippen molar-refractivity contribution in [3.05, 3.63) is 18.2 Å². The summed E-state index contributed by atoms with van der Waals surface area (Å²) in [6.45, 7) is 1.79. The average molecular weight is 209 g/mol. The number of imidazole rings is 1. The maximum Gasteiger partial charge on any atom is 0.228 e. The van der Waals surface area contributed by atoms with E-state index in [0.29, 0.717) is 19.8 Å². The Balaban J connectivity index is 1.89. The summed E-state index contributed by atoms with van der Waals surface area (Å²) in [5.74, 6) is 0.985. The van der Waals surface area contributed by atoms with Gasteiger partial charge in [-0.25, -0.2) is 4.98 Å². The molecule has 1 aromatic heterocycles. The van der Waals surface area contributed by atoms with Crippen molar-refractivity contribution in [2.24, 2.45) is 5.92 Å². The fourth-order valence-electron chi connectivity index (χ4n) is 1.73. The number of amides is 1. The molecule has 82 valence electrons. The number of nitrogens with one attached hydrogen (secondary N) is 1. The van der Waals surface area contributed by atoms with E-state index in [9.17, 15) is 4.79 Å². The number of hydrogen-bond donors (Lipinski definition) is 1. The van der Waals surface area contributed by atoms with Crippen molar-refractivity contribution in [1.29, 1.82) is 0 Å². The van der Waals surface area contributed by atoms with Gasteiger partial charge >= 0.3 is 0 Å². The summed E-state index contributed by atoms with van der Waals surface area (Å²) in [5.41, 5.74) is 0. The summed E-state index contributed by atoms with van der Waals surface area (Å²) in [4.78, 5) is 20.6. The van der Waals surface area contributed by atoms with Crippen LogP contribution in [0.15, 0.2) is 12.4 Å². The van der Waals surface area contributed by atoms with Gasteiger partial charge in [0.2, 0.25) is 5.91 Å². The van der Waals surface area contributed by atoms with Gasteiger partial charge in [-0.1, -0.05) is 0 Å². The van der Waals surface area contributed by atoms with Gasteiger partial charge in [-0.05, 0) is 6.42 Å². The molecule has 1 aromatic rings. The molecule has 1 N–H and O–H groups in total. The van der Waals surface area contributed by atoms with Gasteiger partial charge in [-0.3, -0.25) is 4.79 Å². The first-order valence-corrected chi connectivity index (χ1v) is 5.08. The highest BCUT2D eigenvalue weighted by atomic mass is 16.5. The summed E-state index contributed by atoms with van der Waals surface area (Å²) >= 11 is 0. The molecular weight excluding hydrogens is 194 g/mol. The fraction of sp³-hybridized carbons (Fsp3) is 0.600. The third-order valence-corrected chi connectivity index (χ3v) is 2.60. The maximum atomic E-state index is 11.9. The van der Waals surface area contributed by atoms with Gasteiger partial charge in [0.15, 0.2) is 0 Å². The molecule has 0 spiro atoms. The van der Waals surface area contributed by atoms with Gasteiger partial charge in [-0.15, -0.1) is 0 Å². The fourth-order valence-corrected chi connectivity index (χ4v) is 1.73. The molecule has 0 saturated carbocycles. The zero-order chi connectivity index (χ0) is 10.7. The van der Waals surface area contributed by atoms with Crippen LogP contribution in [0.3, 0.4) is 0 Å². The maximum absolute atomic E-state index is 11.9. The number of hydrogen-bond acceptors (Lipinski definition) is 3. The number of aromatic amines is 1. The van der Waals surface area contributed by atoms with E-state index in [1.165, 1.54) is 0 Å². The van der Waals surface area contributed by atoms with Crippen LogP contribution in [0.5, 0.6) is 0 Å². The number of rotatable bonds is 3. The number of carbonyl (C=O) groups excluding carboxylic acids is 1. The molecule has 1 amide bonds. The molecule has 1 aliphatic heterocycles. The molecular formula is C10H15N3O2. The zero-order valence-electron chi connectivity index (χ0n) is 8.77. The average Bonchev–Trinajstić information content (AvgIpc) is 2.88. The van der Waals surface area contributed by atoms with Crippen LogP contribution in [0.2, 0.25) is 0 Å². The van der Waals surface area contributed by atoms with E-state index in [1.54, 1.807) is 24.3 Å². The first-order chi connectivity index (χ1) is 7.27. The predicted octanol–water partition coefficient (Wildman–Crippen LogP) is 0.405. The van der Waals surface area contributed by atoms with E-state index in [1.807, 2.05) is 0 Å². The molecule has 5 heteroatoms. The highest BCUT2D eigenvalue weighted by molar-refractivity contribution is 5.78. The van der Waals surface area contributed by atoms with E-state index >= 15 is 0 Å². The topological polar surface area (TPSA) is 58.2 Å². The van der Waals surface area contributed by atoms with Gasteiger partial charge in [0, 0.05) is 26.0 Å². The van der Waals surface area contributed by atoms with Crippen molar-refractivity contribution in [1.82, 2.24) is 14.9 Å². The van der Waals surface area contributed by atoms with Crippen molar-refractivity contribution in [3.63, 3.8) is 0 Å². The quantitative estimate of drug-likeness (QED) is 0.784. The SMILES string of the molecule is CN(Cc1ncc[nH]1)C(=O)C1CCOC1. The molecule has 0 aliphatic carbocycles. The molecule has 1 aliphatic rings. The highest BCUT2D eigenvalue weighted by Crippen LogP contribution is 2.15. The van der Waals surface area contributed by atoms with Gasteiger partial charge in [0.05, 0.1) is 19.1 Å². The first-order valence-electron chi connectivity index (χ1n) is 5.08. The number of carbonyl (C=O) groups is 1. The Morgan fingerprint density at radius 2 is 2.67 bits per heavy atom. The van der Waals surface area contributed by atoms with Crippen molar-refractivity contribution in [3.8, 4) is 0 Å². The summed E-state index contributed by atoms with van der Waals surface area (Å²) in [7, 11) is 1.79. The number of ether oxygens (including phenoxy) is 1. The zero-order valence-corrected chi connectivity index (χ0v) is 8.77. The van der Waals surface area contributed by atoms with Gasteiger partial charge in [0.25, 0.3) is 0 Å². The molecule has 1 saturated heterocycles. The van der Waals surface area contributed by atoms with Crippen molar-refractivity contribution >= 4 is 5.91 Å². The van der Waals surface area contributed by atoms with E-state index in [2.05, 4.69) is 9.97 Å². The minimum absolute atomic E-state index is 0.0324. The van der Waals surface area contributed by atoms with Crippen LogP contribution >= 0.6 is 0 Å². The Labute approximate surface area is 88.4 Å². The molecule has 2 heterocycles. The largest absolute Gasteiger partial charge is 0.381 e. The number of aromatic nitrogens is 2. The van der Waals surface area contributed by atoms with Crippen molar-refractivity contribution in [2.75, 3.05) is 20.3 Å². The van der Waals surface area contributed by atoms with Gasteiger partial charge in [0.1, 0.15) is 5.82 Å². The second-order valence-corrected chi connectivity index (χ2v) is 3.79. The third-order valence-electron chi connectivity index (χ3n) is 2.60. The molecule has 0 bridgehead atoms. The van der Waals surface area contributed by atoms with Crippen LogP contribution in [-0.2, 0) is 16.1 Å². The molecule has 15 heavy (non-hydrogen) atoms. The Morgan fingerprint density at radius 3 is 3.27 bits per heavy atom. The van der Waals surface area contributed by atoms with Crippen LogP contribution in [-0.4, -0.2) is 41.0 Å². The lowest BCUT2D eigenvalue weighted by Crippen LogP contribution is -2.33. The molecule has 0 aromatic carbocycles. The Kier molecular flexibility index (Phi) is 3.01. The third kappa shape index (κ3) is 2.36.